The van der Waals surface area contributed by atoms with Crippen molar-refractivity contribution in [1.82, 2.24) is 4.57 Å². The number of nitrogens with zero attached hydrogens (tertiary/aromatic N) is 2. The summed E-state index contributed by atoms with van der Waals surface area (Å²) in [6, 6.07) is 13.4. The molecule has 7 nitrogen and oxygen atoms in total. The van der Waals surface area contributed by atoms with Crippen LogP contribution in [0.2, 0.25) is 10.0 Å². The molecule has 0 fully saturated rings. The monoisotopic (exact) mass is 674 g/mol. The third kappa shape index (κ3) is 5.81. The first-order valence-corrected chi connectivity index (χ1v) is 15.2. The van der Waals surface area contributed by atoms with Crippen LogP contribution in [-0.2, 0) is 9.53 Å². The number of methoxy groups -OCH3 is 1. The number of thiazole rings is 1. The van der Waals surface area contributed by atoms with E-state index in [-0.39, 0.29) is 12.2 Å². The third-order valence-electron chi connectivity index (χ3n) is 6.48. The summed E-state index contributed by atoms with van der Waals surface area (Å²) in [5.74, 6) is 1.02. The van der Waals surface area contributed by atoms with Gasteiger partial charge in [-0.3, -0.25) is 9.36 Å². The van der Waals surface area contributed by atoms with Crippen molar-refractivity contribution in [3.05, 3.63) is 105 Å². The largest absolute Gasteiger partial charge is 0.496 e. The molecule has 0 aliphatic carbocycles. The molecule has 212 valence electrons. The van der Waals surface area contributed by atoms with Crippen LogP contribution in [0, 0.1) is 0 Å². The van der Waals surface area contributed by atoms with Crippen molar-refractivity contribution in [2.24, 2.45) is 4.99 Å². The summed E-state index contributed by atoms with van der Waals surface area (Å²) in [7, 11) is 1.55. The summed E-state index contributed by atoms with van der Waals surface area (Å²) in [6.07, 6.45) is 2.95. The lowest BCUT2D eigenvalue weighted by Gasteiger charge is -2.27. The number of carbonyl (C=O) groups excluding carboxylic acids is 1. The molecule has 2 aromatic heterocycles. The number of halogens is 3. The molecule has 0 saturated carbocycles. The first kappa shape index (κ1) is 29.4. The van der Waals surface area contributed by atoms with Crippen LogP contribution in [0.4, 0.5) is 0 Å². The zero-order valence-corrected chi connectivity index (χ0v) is 26.3. The van der Waals surface area contributed by atoms with Gasteiger partial charge in [-0.1, -0.05) is 63.8 Å². The fourth-order valence-electron chi connectivity index (χ4n) is 4.73. The van der Waals surface area contributed by atoms with Gasteiger partial charge in [0.2, 0.25) is 0 Å². The Balaban J connectivity index is 1.71. The minimum absolute atomic E-state index is 0.187. The van der Waals surface area contributed by atoms with E-state index in [9.17, 15) is 9.59 Å². The van der Waals surface area contributed by atoms with Gasteiger partial charge in [0.25, 0.3) is 5.56 Å². The van der Waals surface area contributed by atoms with Gasteiger partial charge < -0.3 is 13.9 Å². The van der Waals surface area contributed by atoms with Gasteiger partial charge in [0.15, 0.2) is 4.80 Å². The van der Waals surface area contributed by atoms with E-state index in [0.29, 0.717) is 65.5 Å². The Morgan fingerprint density at radius 2 is 1.98 bits per heavy atom. The van der Waals surface area contributed by atoms with Gasteiger partial charge in [-0.15, -0.1) is 0 Å². The Morgan fingerprint density at radius 1 is 1.17 bits per heavy atom. The first-order valence-electron chi connectivity index (χ1n) is 12.9. The number of ether oxygens (including phenoxy) is 2. The van der Waals surface area contributed by atoms with E-state index in [1.807, 2.05) is 19.1 Å². The highest BCUT2D eigenvalue weighted by Crippen LogP contribution is 2.38. The molecule has 1 aliphatic heterocycles. The third-order valence-corrected chi connectivity index (χ3v) is 8.50. The van der Waals surface area contributed by atoms with Crippen LogP contribution in [0.1, 0.15) is 44.1 Å². The molecule has 11 heteroatoms. The van der Waals surface area contributed by atoms with Gasteiger partial charge in [-0.25, -0.2) is 9.79 Å². The van der Waals surface area contributed by atoms with E-state index in [1.54, 1.807) is 56.5 Å². The van der Waals surface area contributed by atoms with Crippen LogP contribution in [-0.4, -0.2) is 24.3 Å². The second-order valence-electron chi connectivity index (χ2n) is 9.13. The number of rotatable bonds is 8. The summed E-state index contributed by atoms with van der Waals surface area (Å²) in [4.78, 5) is 32.7. The van der Waals surface area contributed by atoms with Gasteiger partial charge in [-0.2, -0.15) is 0 Å². The minimum atomic E-state index is -0.804. The number of furan rings is 1. The lowest BCUT2D eigenvalue weighted by atomic mass is 9.93. The van der Waals surface area contributed by atoms with Gasteiger partial charge in [0.1, 0.15) is 23.3 Å². The van der Waals surface area contributed by atoms with Crippen molar-refractivity contribution in [3.8, 4) is 17.1 Å². The number of carbonyl (C=O) groups is 1. The lowest BCUT2D eigenvalue weighted by molar-refractivity contribution is -0.139. The smallest absolute Gasteiger partial charge is 0.338 e. The number of aromatic nitrogens is 1. The Bertz CT molecular complexity index is 1860. The molecule has 2 aromatic carbocycles. The molecule has 4 aromatic rings. The predicted molar refractivity (Wildman–Crippen MR) is 164 cm³/mol. The van der Waals surface area contributed by atoms with E-state index in [0.717, 1.165) is 10.9 Å². The number of hydrogen-bond donors (Lipinski definition) is 0. The Labute approximate surface area is 258 Å². The van der Waals surface area contributed by atoms with Crippen LogP contribution in [0.25, 0.3) is 17.4 Å². The Morgan fingerprint density at radius 3 is 2.68 bits per heavy atom. The van der Waals surface area contributed by atoms with Crippen LogP contribution in [0.15, 0.2) is 78.5 Å². The molecule has 0 saturated heterocycles. The molecule has 0 amide bonds. The molecule has 1 aliphatic rings. The number of benzene rings is 2. The fourth-order valence-corrected chi connectivity index (χ4v) is 6.61. The molecule has 0 spiro atoms. The van der Waals surface area contributed by atoms with Crippen LogP contribution >= 0.6 is 50.5 Å². The summed E-state index contributed by atoms with van der Waals surface area (Å²) in [5, 5.41) is 0.976. The highest BCUT2D eigenvalue weighted by Gasteiger charge is 2.36. The highest BCUT2D eigenvalue weighted by atomic mass is 79.9. The molecular weight excluding hydrogens is 651 g/mol. The van der Waals surface area contributed by atoms with E-state index >= 15 is 0 Å². The van der Waals surface area contributed by atoms with E-state index < -0.39 is 12.0 Å². The Kier molecular flexibility index (Phi) is 8.89. The molecule has 1 atom stereocenters. The van der Waals surface area contributed by atoms with Crippen LogP contribution in [0.5, 0.6) is 5.75 Å². The number of fused-ring (bicyclic) bond motifs is 1. The summed E-state index contributed by atoms with van der Waals surface area (Å²) < 4.78 is 19.9. The first-order chi connectivity index (χ1) is 19.7. The average molecular weight is 676 g/mol. The zero-order chi connectivity index (χ0) is 29.3. The fraction of sp³-hybridized carbons (Fsp3) is 0.233. The number of allylic oxidation sites excluding steroid dienone is 1. The minimum Gasteiger partial charge on any atom is -0.496 e. The predicted octanol–water partition coefficient (Wildman–Crippen LogP) is 6.92. The maximum Gasteiger partial charge on any atom is 0.338 e. The summed E-state index contributed by atoms with van der Waals surface area (Å²) in [6.45, 7) is 3.94. The van der Waals surface area contributed by atoms with Crippen molar-refractivity contribution in [1.29, 1.82) is 0 Å². The van der Waals surface area contributed by atoms with Crippen molar-refractivity contribution >= 4 is 62.5 Å². The second kappa shape index (κ2) is 12.4. The van der Waals surface area contributed by atoms with Gasteiger partial charge >= 0.3 is 5.97 Å². The molecule has 0 N–H and O–H groups in total. The maximum atomic E-state index is 14.0. The van der Waals surface area contributed by atoms with Crippen molar-refractivity contribution < 1.29 is 18.7 Å². The number of hydrogen-bond acceptors (Lipinski definition) is 7. The summed E-state index contributed by atoms with van der Waals surface area (Å²) >= 11 is 17.2. The molecular formula is C30H25BrCl2N2O5S. The number of esters is 1. The van der Waals surface area contributed by atoms with E-state index in [2.05, 4.69) is 15.9 Å². The molecule has 0 bridgehead atoms. The van der Waals surface area contributed by atoms with Gasteiger partial charge in [0, 0.05) is 26.7 Å². The summed E-state index contributed by atoms with van der Waals surface area (Å²) in [5.41, 5.74) is 1.91. The molecule has 5 rings (SSSR count). The molecule has 0 radical (unpaired) electrons. The standard InChI is InChI=1S/C30H25BrCl2N2O5S/c1-4-6-22-26(29(37)39-5-2)27(20-13-16(31)7-11-23(20)38-3)35-28(36)25(41-30(35)34-22)15-18-9-12-24(40-18)19-10-8-17(32)14-21(19)33/h7-15,27H,4-6H2,1-3H3/b25-15+/t27-/m1/s1. The zero-order valence-electron chi connectivity index (χ0n) is 22.4. The van der Waals surface area contributed by atoms with Crippen molar-refractivity contribution in [2.45, 2.75) is 32.7 Å². The molecule has 41 heavy (non-hydrogen) atoms. The maximum absolute atomic E-state index is 14.0. The topological polar surface area (TPSA) is 83.0 Å². The normalized spacial score (nSPS) is 15.1. The van der Waals surface area contributed by atoms with Crippen LogP contribution in [0.3, 0.4) is 0 Å². The molecule has 3 heterocycles. The van der Waals surface area contributed by atoms with Gasteiger partial charge in [-0.05, 0) is 61.9 Å². The van der Waals surface area contributed by atoms with Gasteiger partial charge in [0.05, 0.1) is 34.5 Å². The van der Waals surface area contributed by atoms with Crippen molar-refractivity contribution in [3.63, 3.8) is 0 Å². The molecule has 0 unspecified atom stereocenters. The van der Waals surface area contributed by atoms with E-state index in [1.165, 1.54) is 15.9 Å². The SMILES string of the molecule is CCCC1=C(C(=O)OCC)[C@@H](c2cc(Br)ccc2OC)n2c(s/c(=C/c3ccc(-c4ccc(Cl)cc4Cl)o3)c2=O)=N1. The Hall–Kier alpha value is -3.11. The lowest BCUT2D eigenvalue weighted by Crippen LogP contribution is -2.40. The second-order valence-corrected chi connectivity index (χ2v) is 11.9. The highest BCUT2D eigenvalue weighted by molar-refractivity contribution is 9.10. The average Bonchev–Trinajstić information content (AvgIpc) is 3.52. The van der Waals surface area contributed by atoms with E-state index in [4.69, 9.17) is 42.1 Å². The quantitative estimate of drug-likeness (QED) is 0.190. The van der Waals surface area contributed by atoms with Crippen molar-refractivity contribution in [2.75, 3.05) is 13.7 Å². The van der Waals surface area contributed by atoms with Crippen LogP contribution < -0.4 is 19.6 Å².